The summed E-state index contributed by atoms with van der Waals surface area (Å²) in [5.74, 6) is 0. The number of hydrogen-bond acceptors (Lipinski definition) is 3. The minimum atomic E-state index is 0.308. The maximum atomic E-state index is 8.49. The molecule has 0 aliphatic heterocycles. The fourth-order valence-electron chi connectivity index (χ4n) is 1.30. The summed E-state index contributed by atoms with van der Waals surface area (Å²) in [7, 11) is 0. The Hall–Kier alpha value is -2.21. The predicted octanol–water partition coefficient (Wildman–Crippen LogP) is 2.21. The summed E-state index contributed by atoms with van der Waals surface area (Å²) in [6.45, 7) is 0. The van der Waals surface area contributed by atoms with Crippen molar-refractivity contribution >= 4 is 0 Å². The first-order chi connectivity index (χ1) is 7.40. The lowest BCUT2D eigenvalue weighted by atomic mass is 10.1. The second kappa shape index (κ2) is 4.34. The minimum Gasteiger partial charge on any atom is -0.198 e. The number of nitriles is 1. The molecule has 0 saturated heterocycles. The summed E-state index contributed by atoms with van der Waals surface area (Å²) in [5, 5.41) is 16.5. The van der Waals surface area contributed by atoms with Gasteiger partial charge in [-0.2, -0.15) is 15.5 Å². The van der Waals surface area contributed by atoms with Crippen LogP contribution in [-0.4, -0.2) is 10.2 Å². The van der Waals surface area contributed by atoms with Crippen LogP contribution in [-0.2, 0) is 6.42 Å². The van der Waals surface area contributed by atoms with E-state index in [9.17, 15) is 0 Å². The van der Waals surface area contributed by atoms with E-state index in [0.29, 0.717) is 12.1 Å². The largest absolute Gasteiger partial charge is 0.198 e. The van der Waals surface area contributed by atoms with Gasteiger partial charge in [0.1, 0.15) is 0 Å². The summed E-state index contributed by atoms with van der Waals surface area (Å²) in [5.41, 5.74) is 2.57. The highest BCUT2D eigenvalue weighted by Crippen LogP contribution is 2.14. The highest BCUT2D eigenvalue weighted by molar-refractivity contribution is 5.57. The Morgan fingerprint density at radius 1 is 1.00 bits per heavy atom. The lowest BCUT2D eigenvalue weighted by molar-refractivity contribution is 0.957. The van der Waals surface area contributed by atoms with Crippen molar-refractivity contribution in [3.8, 4) is 17.3 Å². The number of benzene rings is 1. The molecule has 0 spiro atoms. The SMILES string of the molecule is N#CCc1ccc(-c2ccccc2)nn1. The van der Waals surface area contributed by atoms with Crippen LogP contribution in [0.2, 0.25) is 0 Å². The van der Waals surface area contributed by atoms with Gasteiger partial charge in [0.2, 0.25) is 0 Å². The molecule has 0 atom stereocenters. The molecule has 1 heterocycles. The van der Waals surface area contributed by atoms with Gasteiger partial charge in [0, 0.05) is 5.56 Å². The Bertz CT molecular complexity index is 468. The highest BCUT2D eigenvalue weighted by atomic mass is 15.1. The van der Waals surface area contributed by atoms with Crippen LogP contribution < -0.4 is 0 Å². The molecule has 72 valence electrons. The molecule has 2 rings (SSSR count). The van der Waals surface area contributed by atoms with E-state index in [1.54, 1.807) is 0 Å². The molecular formula is C12H9N3. The Morgan fingerprint density at radius 2 is 1.80 bits per heavy atom. The van der Waals surface area contributed by atoms with Gasteiger partial charge in [-0.15, -0.1) is 0 Å². The Kier molecular flexibility index (Phi) is 2.70. The summed E-state index contributed by atoms with van der Waals surface area (Å²) in [6, 6.07) is 15.6. The molecule has 0 fully saturated rings. The molecule has 1 aromatic heterocycles. The van der Waals surface area contributed by atoms with E-state index < -0.39 is 0 Å². The standard InChI is InChI=1S/C12H9N3/c13-9-8-11-6-7-12(15-14-11)10-4-2-1-3-5-10/h1-7H,8H2. The van der Waals surface area contributed by atoms with E-state index in [1.165, 1.54) is 0 Å². The van der Waals surface area contributed by atoms with Gasteiger partial charge >= 0.3 is 0 Å². The van der Waals surface area contributed by atoms with Crippen LogP contribution in [0.3, 0.4) is 0 Å². The van der Waals surface area contributed by atoms with Crippen molar-refractivity contribution in [3.63, 3.8) is 0 Å². The topological polar surface area (TPSA) is 49.6 Å². The molecule has 3 nitrogen and oxygen atoms in total. The third-order valence-electron chi connectivity index (χ3n) is 2.05. The van der Waals surface area contributed by atoms with Crippen LogP contribution in [0.25, 0.3) is 11.3 Å². The first-order valence-corrected chi connectivity index (χ1v) is 4.65. The third-order valence-corrected chi connectivity index (χ3v) is 2.05. The van der Waals surface area contributed by atoms with Crippen molar-refractivity contribution in [3.05, 3.63) is 48.2 Å². The summed E-state index contributed by atoms with van der Waals surface area (Å²) in [4.78, 5) is 0. The first kappa shape index (κ1) is 9.35. The zero-order chi connectivity index (χ0) is 10.5. The maximum absolute atomic E-state index is 8.49. The van der Waals surface area contributed by atoms with Gasteiger partial charge in [0.25, 0.3) is 0 Å². The van der Waals surface area contributed by atoms with E-state index >= 15 is 0 Å². The summed E-state index contributed by atoms with van der Waals surface area (Å²) < 4.78 is 0. The fraction of sp³-hybridized carbons (Fsp3) is 0.0833. The second-order valence-corrected chi connectivity index (χ2v) is 3.11. The summed E-state index contributed by atoms with van der Waals surface area (Å²) in [6.07, 6.45) is 0.308. The van der Waals surface area contributed by atoms with E-state index in [0.717, 1.165) is 11.3 Å². The molecule has 0 bridgehead atoms. The average molecular weight is 195 g/mol. The van der Waals surface area contributed by atoms with Gasteiger partial charge in [-0.05, 0) is 12.1 Å². The molecule has 0 unspecified atom stereocenters. The smallest absolute Gasteiger partial charge is 0.0929 e. The Labute approximate surface area is 88.0 Å². The monoisotopic (exact) mass is 195 g/mol. The van der Waals surface area contributed by atoms with Crippen LogP contribution >= 0.6 is 0 Å². The van der Waals surface area contributed by atoms with Gasteiger partial charge < -0.3 is 0 Å². The first-order valence-electron chi connectivity index (χ1n) is 4.65. The van der Waals surface area contributed by atoms with Gasteiger partial charge in [-0.1, -0.05) is 30.3 Å². The zero-order valence-electron chi connectivity index (χ0n) is 8.09. The molecule has 0 radical (unpaired) electrons. The van der Waals surface area contributed by atoms with Crippen LogP contribution in [0.1, 0.15) is 5.69 Å². The molecule has 1 aromatic carbocycles. The normalized spacial score (nSPS) is 9.53. The highest BCUT2D eigenvalue weighted by Gasteiger charge is 1.99. The number of hydrogen-bond donors (Lipinski definition) is 0. The second-order valence-electron chi connectivity index (χ2n) is 3.11. The van der Waals surface area contributed by atoms with E-state index in [4.69, 9.17) is 5.26 Å². The van der Waals surface area contributed by atoms with E-state index in [-0.39, 0.29) is 0 Å². The number of aromatic nitrogens is 2. The van der Waals surface area contributed by atoms with Crippen molar-refractivity contribution < 1.29 is 0 Å². The number of nitrogens with zero attached hydrogens (tertiary/aromatic N) is 3. The lowest BCUT2D eigenvalue weighted by Gasteiger charge is -1.99. The molecule has 0 aliphatic carbocycles. The Morgan fingerprint density at radius 3 is 2.40 bits per heavy atom. The van der Waals surface area contributed by atoms with Crippen molar-refractivity contribution in [1.82, 2.24) is 10.2 Å². The van der Waals surface area contributed by atoms with Gasteiger partial charge in [-0.25, -0.2) is 0 Å². The van der Waals surface area contributed by atoms with Crippen LogP contribution in [0.15, 0.2) is 42.5 Å². The summed E-state index contributed by atoms with van der Waals surface area (Å²) >= 11 is 0. The minimum absolute atomic E-state index is 0.308. The molecule has 0 aliphatic rings. The third kappa shape index (κ3) is 2.18. The van der Waals surface area contributed by atoms with Gasteiger partial charge in [0.15, 0.2) is 0 Å². The van der Waals surface area contributed by atoms with E-state index in [1.807, 2.05) is 48.5 Å². The van der Waals surface area contributed by atoms with Crippen molar-refractivity contribution in [2.45, 2.75) is 6.42 Å². The molecule has 15 heavy (non-hydrogen) atoms. The van der Waals surface area contributed by atoms with E-state index in [2.05, 4.69) is 10.2 Å². The van der Waals surface area contributed by atoms with Gasteiger partial charge in [-0.3, -0.25) is 0 Å². The molecule has 0 amide bonds. The fourth-order valence-corrected chi connectivity index (χ4v) is 1.30. The Balaban J connectivity index is 2.29. The lowest BCUT2D eigenvalue weighted by Crippen LogP contribution is -1.92. The molecule has 0 saturated carbocycles. The van der Waals surface area contributed by atoms with Crippen molar-refractivity contribution in [2.75, 3.05) is 0 Å². The average Bonchev–Trinajstić information content (AvgIpc) is 2.32. The van der Waals surface area contributed by atoms with Crippen molar-refractivity contribution in [1.29, 1.82) is 5.26 Å². The molecular weight excluding hydrogens is 186 g/mol. The van der Waals surface area contributed by atoms with Crippen LogP contribution in [0, 0.1) is 11.3 Å². The maximum Gasteiger partial charge on any atom is 0.0929 e. The molecule has 0 N–H and O–H groups in total. The zero-order valence-corrected chi connectivity index (χ0v) is 8.09. The predicted molar refractivity (Wildman–Crippen MR) is 56.8 cm³/mol. The number of rotatable bonds is 2. The quantitative estimate of drug-likeness (QED) is 0.738. The van der Waals surface area contributed by atoms with Crippen molar-refractivity contribution in [2.24, 2.45) is 0 Å². The van der Waals surface area contributed by atoms with Crippen LogP contribution in [0.5, 0.6) is 0 Å². The molecule has 2 aromatic rings. The molecule has 3 heteroatoms. The van der Waals surface area contributed by atoms with Gasteiger partial charge in [0.05, 0.1) is 23.9 Å². The van der Waals surface area contributed by atoms with Crippen LogP contribution in [0.4, 0.5) is 0 Å².